The summed E-state index contributed by atoms with van der Waals surface area (Å²) >= 11 is 0. The Kier molecular flexibility index (Phi) is 6.70. The van der Waals surface area contributed by atoms with E-state index in [4.69, 9.17) is 4.42 Å². The highest BCUT2D eigenvalue weighted by molar-refractivity contribution is 5.62. The van der Waals surface area contributed by atoms with Gasteiger partial charge >= 0.3 is 0 Å². The summed E-state index contributed by atoms with van der Waals surface area (Å²) in [6.07, 6.45) is 3.36. The quantitative estimate of drug-likeness (QED) is 0.811. The summed E-state index contributed by atoms with van der Waals surface area (Å²) in [6.45, 7) is 8.77. The third-order valence-electron chi connectivity index (χ3n) is 6.65. The fraction of sp³-hybridized carbons (Fsp3) is 0.583. The minimum absolute atomic E-state index is 0.268. The van der Waals surface area contributed by atoms with Gasteiger partial charge in [0.2, 0.25) is 0 Å². The maximum absolute atomic E-state index is 9.68. The Morgan fingerprint density at radius 2 is 1.83 bits per heavy atom. The molecule has 0 aliphatic carbocycles. The fourth-order valence-corrected chi connectivity index (χ4v) is 5.01. The van der Waals surface area contributed by atoms with E-state index in [1.807, 2.05) is 13.0 Å². The second kappa shape index (κ2) is 9.43. The van der Waals surface area contributed by atoms with Gasteiger partial charge in [-0.1, -0.05) is 24.3 Å². The van der Waals surface area contributed by atoms with E-state index in [2.05, 4.69) is 52.1 Å². The second-order valence-electron chi connectivity index (χ2n) is 8.74. The molecule has 1 N–H and O–H groups in total. The lowest BCUT2D eigenvalue weighted by atomic mass is 9.97. The van der Waals surface area contributed by atoms with E-state index in [0.717, 1.165) is 44.1 Å². The van der Waals surface area contributed by atoms with Crippen molar-refractivity contribution >= 4 is 0 Å². The lowest BCUT2D eigenvalue weighted by Crippen LogP contribution is -2.58. The average molecular weight is 398 g/mol. The zero-order chi connectivity index (χ0) is 20.2. The molecule has 2 aromatic rings. The molecule has 0 bridgehead atoms. The maximum Gasteiger partial charge on any atom is 0.134 e. The Bertz CT molecular complexity index is 782. The van der Waals surface area contributed by atoms with Gasteiger partial charge in [-0.25, -0.2) is 0 Å². The van der Waals surface area contributed by atoms with Crippen LogP contribution < -0.4 is 0 Å². The molecule has 3 heterocycles. The molecule has 0 amide bonds. The van der Waals surface area contributed by atoms with Gasteiger partial charge in [-0.2, -0.15) is 0 Å². The lowest BCUT2D eigenvalue weighted by molar-refractivity contribution is 0.00603. The number of benzene rings is 1. The molecule has 2 fully saturated rings. The monoisotopic (exact) mass is 397 g/mol. The maximum atomic E-state index is 9.68. The number of piperazine rings is 1. The summed E-state index contributed by atoms with van der Waals surface area (Å²) in [7, 11) is 2.22. The van der Waals surface area contributed by atoms with Gasteiger partial charge in [-0.05, 0) is 64.0 Å². The molecule has 1 aromatic carbocycles. The Hall–Kier alpha value is -1.66. The number of piperidine rings is 1. The molecule has 158 valence electrons. The van der Waals surface area contributed by atoms with Crippen molar-refractivity contribution in [3.63, 3.8) is 0 Å². The standard InChI is InChI=1S/C24H35N3O2/c1-19-7-8-24(29-19)23-6-4-3-5-20(23)17-26-14-15-27(22(18-26)11-16-28)21-9-12-25(2)13-10-21/h3-8,21-22,28H,9-18H2,1-2H3. The summed E-state index contributed by atoms with van der Waals surface area (Å²) in [5.74, 6) is 1.90. The van der Waals surface area contributed by atoms with Crippen LogP contribution in [0.4, 0.5) is 0 Å². The zero-order valence-electron chi connectivity index (χ0n) is 17.9. The SMILES string of the molecule is Cc1ccc(-c2ccccc2CN2CCN(C3CCN(C)CC3)C(CCO)C2)o1. The molecule has 1 atom stereocenters. The summed E-state index contributed by atoms with van der Waals surface area (Å²) in [6, 6.07) is 13.8. The Morgan fingerprint density at radius 3 is 2.55 bits per heavy atom. The number of aliphatic hydroxyl groups is 1. The van der Waals surface area contributed by atoms with Gasteiger partial charge in [0.05, 0.1) is 0 Å². The van der Waals surface area contributed by atoms with Crippen molar-refractivity contribution in [1.82, 2.24) is 14.7 Å². The molecule has 2 saturated heterocycles. The molecule has 0 radical (unpaired) electrons. The summed E-state index contributed by atoms with van der Waals surface area (Å²) < 4.78 is 5.90. The van der Waals surface area contributed by atoms with E-state index in [-0.39, 0.29) is 6.61 Å². The molecule has 2 aliphatic heterocycles. The highest BCUT2D eigenvalue weighted by atomic mass is 16.3. The largest absolute Gasteiger partial charge is 0.461 e. The molecular weight excluding hydrogens is 362 g/mol. The van der Waals surface area contributed by atoms with Crippen molar-refractivity contribution in [2.24, 2.45) is 0 Å². The van der Waals surface area contributed by atoms with E-state index in [1.165, 1.54) is 37.1 Å². The van der Waals surface area contributed by atoms with Crippen LogP contribution in [0.5, 0.6) is 0 Å². The average Bonchev–Trinajstić information content (AvgIpc) is 3.16. The smallest absolute Gasteiger partial charge is 0.134 e. The zero-order valence-corrected chi connectivity index (χ0v) is 17.9. The normalized spacial score (nSPS) is 22.9. The summed E-state index contributed by atoms with van der Waals surface area (Å²) in [4.78, 5) is 7.68. The van der Waals surface area contributed by atoms with Crippen molar-refractivity contribution in [2.45, 2.75) is 44.8 Å². The van der Waals surface area contributed by atoms with E-state index >= 15 is 0 Å². The van der Waals surface area contributed by atoms with Crippen molar-refractivity contribution < 1.29 is 9.52 Å². The second-order valence-corrected chi connectivity index (χ2v) is 8.74. The Morgan fingerprint density at radius 1 is 1.03 bits per heavy atom. The first-order valence-electron chi connectivity index (χ1n) is 11.1. The van der Waals surface area contributed by atoms with Crippen LogP contribution >= 0.6 is 0 Å². The predicted molar refractivity (Wildman–Crippen MR) is 117 cm³/mol. The van der Waals surface area contributed by atoms with Crippen molar-refractivity contribution in [3.05, 3.63) is 47.7 Å². The van der Waals surface area contributed by atoms with Crippen LogP contribution in [0.25, 0.3) is 11.3 Å². The van der Waals surface area contributed by atoms with E-state index in [9.17, 15) is 5.11 Å². The highest BCUT2D eigenvalue weighted by Crippen LogP contribution is 2.28. The van der Waals surface area contributed by atoms with Crippen molar-refractivity contribution in [3.8, 4) is 11.3 Å². The van der Waals surface area contributed by atoms with Crippen LogP contribution in [0.2, 0.25) is 0 Å². The summed E-state index contributed by atoms with van der Waals surface area (Å²) in [5.41, 5.74) is 2.51. The van der Waals surface area contributed by atoms with Gasteiger partial charge in [0, 0.05) is 50.4 Å². The molecule has 0 spiro atoms. The molecule has 4 rings (SSSR count). The number of likely N-dealkylation sites (tertiary alicyclic amines) is 1. The first-order chi connectivity index (χ1) is 14.1. The van der Waals surface area contributed by atoms with Crippen LogP contribution in [0.15, 0.2) is 40.8 Å². The first-order valence-corrected chi connectivity index (χ1v) is 11.1. The van der Waals surface area contributed by atoms with E-state index in [1.54, 1.807) is 0 Å². The van der Waals surface area contributed by atoms with Crippen molar-refractivity contribution in [1.29, 1.82) is 0 Å². The van der Waals surface area contributed by atoms with Gasteiger partial charge in [0.1, 0.15) is 11.5 Å². The van der Waals surface area contributed by atoms with Crippen molar-refractivity contribution in [2.75, 3.05) is 46.4 Å². The molecule has 29 heavy (non-hydrogen) atoms. The Balaban J connectivity index is 1.45. The molecule has 1 aromatic heterocycles. The number of hydrogen-bond acceptors (Lipinski definition) is 5. The van der Waals surface area contributed by atoms with Crippen LogP contribution in [0, 0.1) is 6.92 Å². The topological polar surface area (TPSA) is 43.1 Å². The molecule has 1 unspecified atom stereocenters. The van der Waals surface area contributed by atoms with Gasteiger partial charge < -0.3 is 14.4 Å². The number of rotatable bonds is 6. The van der Waals surface area contributed by atoms with Crippen LogP contribution in [-0.2, 0) is 6.54 Å². The minimum atomic E-state index is 0.268. The third kappa shape index (κ3) is 4.92. The molecule has 5 nitrogen and oxygen atoms in total. The van der Waals surface area contributed by atoms with Gasteiger partial charge in [0.25, 0.3) is 0 Å². The first kappa shape index (κ1) is 20.6. The third-order valence-corrected chi connectivity index (χ3v) is 6.65. The van der Waals surface area contributed by atoms with E-state index < -0.39 is 0 Å². The van der Waals surface area contributed by atoms with E-state index in [0.29, 0.717) is 12.1 Å². The molecule has 5 heteroatoms. The number of hydrogen-bond donors (Lipinski definition) is 1. The lowest BCUT2D eigenvalue weighted by Gasteiger charge is -2.47. The fourth-order valence-electron chi connectivity index (χ4n) is 5.01. The number of aryl methyl sites for hydroxylation is 1. The predicted octanol–water partition coefficient (Wildman–Crippen LogP) is 3.22. The number of nitrogens with zero attached hydrogens (tertiary/aromatic N) is 3. The van der Waals surface area contributed by atoms with Crippen LogP contribution in [-0.4, -0.2) is 78.3 Å². The van der Waals surface area contributed by atoms with Crippen LogP contribution in [0.3, 0.4) is 0 Å². The van der Waals surface area contributed by atoms with Gasteiger partial charge in [-0.15, -0.1) is 0 Å². The number of aliphatic hydroxyl groups excluding tert-OH is 1. The van der Waals surface area contributed by atoms with Crippen LogP contribution in [0.1, 0.15) is 30.6 Å². The molecule has 0 saturated carbocycles. The van der Waals surface area contributed by atoms with Gasteiger partial charge in [0.15, 0.2) is 0 Å². The summed E-state index contributed by atoms with van der Waals surface area (Å²) in [5, 5.41) is 9.68. The molecule has 2 aliphatic rings. The number of furan rings is 1. The highest BCUT2D eigenvalue weighted by Gasteiger charge is 2.33. The van der Waals surface area contributed by atoms with Gasteiger partial charge in [-0.3, -0.25) is 9.80 Å². The minimum Gasteiger partial charge on any atom is -0.461 e. The Labute approximate surface area is 174 Å². The molecular formula is C24H35N3O2.